The fourth-order valence-electron chi connectivity index (χ4n) is 1.81. The van der Waals surface area contributed by atoms with Gasteiger partial charge in [-0.05, 0) is 30.2 Å². The van der Waals surface area contributed by atoms with Gasteiger partial charge in [-0.3, -0.25) is 9.59 Å². The van der Waals surface area contributed by atoms with Gasteiger partial charge < -0.3 is 14.7 Å². The second-order valence-electron chi connectivity index (χ2n) is 4.34. The van der Waals surface area contributed by atoms with E-state index in [1.165, 1.54) is 4.90 Å². The number of ether oxygens (including phenoxy) is 1. The molecule has 0 radical (unpaired) electrons. The van der Waals surface area contributed by atoms with Crippen LogP contribution in [0.25, 0.3) is 0 Å². The van der Waals surface area contributed by atoms with Gasteiger partial charge in [0, 0.05) is 11.0 Å². The zero-order chi connectivity index (χ0) is 15.1. The average molecular weight is 344 g/mol. The number of carboxylic acids is 1. The molecule has 1 aromatic carbocycles. The van der Waals surface area contributed by atoms with Crippen LogP contribution in [0.2, 0.25) is 0 Å². The molecule has 1 rings (SSSR count). The molecule has 0 fully saturated rings. The normalized spacial score (nSPS) is 10.2. The van der Waals surface area contributed by atoms with Gasteiger partial charge in [-0.25, -0.2) is 0 Å². The van der Waals surface area contributed by atoms with E-state index in [0.717, 1.165) is 16.5 Å². The van der Waals surface area contributed by atoms with E-state index >= 15 is 0 Å². The highest BCUT2D eigenvalue weighted by Crippen LogP contribution is 2.23. The average Bonchev–Trinajstić information content (AvgIpc) is 2.40. The van der Waals surface area contributed by atoms with Crippen LogP contribution in [0, 0.1) is 0 Å². The Hall–Kier alpha value is -1.56. The quantitative estimate of drug-likeness (QED) is 0.824. The number of methoxy groups -OCH3 is 1. The number of hydrogen-bond donors (Lipinski definition) is 1. The molecule has 110 valence electrons. The molecule has 0 saturated carbocycles. The SMILES string of the molecule is CCCN(CC(=O)O)C(=O)Cc1cc(OC)ccc1Br. The van der Waals surface area contributed by atoms with Gasteiger partial charge in [-0.1, -0.05) is 22.9 Å². The molecule has 0 aliphatic heterocycles. The molecule has 0 unspecified atom stereocenters. The van der Waals surface area contributed by atoms with Crippen molar-refractivity contribution >= 4 is 27.8 Å². The number of nitrogens with zero attached hydrogens (tertiary/aromatic N) is 1. The molecule has 0 saturated heterocycles. The van der Waals surface area contributed by atoms with E-state index in [0.29, 0.717) is 12.3 Å². The zero-order valence-electron chi connectivity index (χ0n) is 11.6. The number of carbonyl (C=O) groups excluding carboxylic acids is 1. The minimum Gasteiger partial charge on any atom is -0.497 e. The van der Waals surface area contributed by atoms with Crippen LogP contribution in [0.4, 0.5) is 0 Å². The number of carboxylic acid groups (broad SMARTS) is 1. The van der Waals surface area contributed by atoms with Gasteiger partial charge in [-0.2, -0.15) is 0 Å². The van der Waals surface area contributed by atoms with Gasteiger partial charge in [0.15, 0.2) is 0 Å². The smallest absolute Gasteiger partial charge is 0.323 e. The molecule has 0 aromatic heterocycles. The second-order valence-corrected chi connectivity index (χ2v) is 5.20. The Morgan fingerprint density at radius 2 is 2.10 bits per heavy atom. The summed E-state index contributed by atoms with van der Waals surface area (Å²) in [5.74, 6) is -0.545. The van der Waals surface area contributed by atoms with Crippen molar-refractivity contribution in [2.75, 3.05) is 20.2 Å². The maximum Gasteiger partial charge on any atom is 0.323 e. The van der Waals surface area contributed by atoms with E-state index in [1.807, 2.05) is 13.0 Å². The number of benzene rings is 1. The lowest BCUT2D eigenvalue weighted by Gasteiger charge is -2.20. The molecule has 1 amide bonds. The number of halogens is 1. The molecule has 0 aliphatic rings. The van der Waals surface area contributed by atoms with Gasteiger partial charge >= 0.3 is 5.97 Å². The molecule has 1 aromatic rings. The third-order valence-corrected chi connectivity index (χ3v) is 3.54. The Morgan fingerprint density at radius 3 is 2.65 bits per heavy atom. The van der Waals surface area contributed by atoms with Crippen LogP contribution in [0.15, 0.2) is 22.7 Å². The Morgan fingerprint density at radius 1 is 1.40 bits per heavy atom. The van der Waals surface area contributed by atoms with E-state index in [2.05, 4.69) is 15.9 Å². The van der Waals surface area contributed by atoms with Gasteiger partial charge in [0.25, 0.3) is 0 Å². The maximum atomic E-state index is 12.2. The predicted molar refractivity (Wildman–Crippen MR) is 78.9 cm³/mol. The van der Waals surface area contributed by atoms with E-state index in [9.17, 15) is 9.59 Å². The first kappa shape index (κ1) is 16.5. The van der Waals surface area contributed by atoms with Gasteiger partial charge in [0.1, 0.15) is 12.3 Å². The summed E-state index contributed by atoms with van der Waals surface area (Å²) in [6.45, 7) is 2.07. The molecule has 0 atom stereocenters. The zero-order valence-corrected chi connectivity index (χ0v) is 13.1. The van der Waals surface area contributed by atoms with Crippen LogP contribution in [0.3, 0.4) is 0 Å². The Kier molecular flexibility index (Phi) is 6.51. The largest absolute Gasteiger partial charge is 0.497 e. The standard InChI is InChI=1S/C14H18BrNO4/c1-3-6-16(9-14(18)19)13(17)8-10-7-11(20-2)4-5-12(10)15/h4-5,7H,3,6,8-9H2,1-2H3,(H,18,19). The van der Waals surface area contributed by atoms with Crippen molar-refractivity contribution in [2.24, 2.45) is 0 Å². The van der Waals surface area contributed by atoms with Crippen LogP contribution in [-0.4, -0.2) is 42.1 Å². The molecular formula is C14H18BrNO4. The lowest BCUT2D eigenvalue weighted by Crippen LogP contribution is -2.37. The number of rotatable bonds is 7. The summed E-state index contributed by atoms with van der Waals surface area (Å²) in [7, 11) is 1.56. The summed E-state index contributed by atoms with van der Waals surface area (Å²) < 4.78 is 5.93. The fraction of sp³-hybridized carbons (Fsp3) is 0.429. The highest BCUT2D eigenvalue weighted by molar-refractivity contribution is 9.10. The first-order valence-electron chi connectivity index (χ1n) is 6.30. The highest BCUT2D eigenvalue weighted by Gasteiger charge is 2.17. The van der Waals surface area contributed by atoms with Crippen LogP contribution in [0.5, 0.6) is 5.75 Å². The molecule has 20 heavy (non-hydrogen) atoms. The summed E-state index contributed by atoms with van der Waals surface area (Å²) >= 11 is 3.38. The molecule has 6 heteroatoms. The lowest BCUT2D eigenvalue weighted by molar-refractivity contribution is -0.144. The van der Waals surface area contributed by atoms with Crippen LogP contribution < -0.4 is 4.74 Å². The van der Waals surface area contributed by atoms with Crippen molar-refractivity contribution in [1.82, 2.24) is 4.90 Å². The molecule has 5 nitrogen and oxygen atoms in total. The predicted octanol–water partition coefficient (Wildman–Crippen LogP) is 2.32. The first-order chi connectivity index (χ1) is 9.47. The maximum absolute atomic E-state index is 12.2. The Labute approximate surface area is 126 Å². The van der Waals surface area contributed by atoms with Crippen LogP contribution >= 0.6 is 15.9 Å². The van der Waals surface area contributed by atoms with Crippen molar-refractivity contribution in [2.45, 2.75) is 19.8 Å². The number of amides is 1. The van der Waals surface area contributed by atoms with E-state index < -0.39 is 5.97 Å². The Balaban J connectivity index is 2.84. The molecule has 0 aliphatic carbocycles. The minimum atomic E-state index is -1.00. The molecular weight excluding hydrogens is 326 g/mol. The summed E-state index contributed by atoms with van der Waals surface area (Å²) in [5.41, 5.74) is 0.779. The number of hydrogen-bond acceptors (Lipinski definition) is 3. The highest BCUT2D eigenvalue weighted by atomic mass is 79.9. The van der Waals surface area contributed by atoms with E-state index in [4.69, 9.17) is 9.84 Å². The van der Waals surface area contributed by atoms with Crippen molar-refractivity contribution in [1.29, 1.82) is 0 Å². The summed E-state index contributed by atoms with van der Waals surface area (Å²) in [5, 5.41) is 8.84. The van der Waals surface area contributed by atoms with Crippen molar-refractivity contribution in [3.05, 3.63) is 28.2 Å². The lowest BCUT2D eigenvalue weighted by atomic mass is 10.1. The first-order valence-corrected chi connectivity index (χ1v) is 7.09. The van der Waals surface area contributed by atoms with Crippen molar-refractivity contribution in [3.63, 3.8) is 0 Å². The molecule has 0 bridgehead atoms. The monoisotopic (exact) mass is 343 g/mol. The third-order valence-electron chi connectivity index (χ3n) is 2.77. The third kappa shape index (κ3) is 4.85. The summed E-state index contributed by atoms with van der Waals surface area (Å²) in [4.78, 5) is 24.3. The van der Waals surface area contributed by atoms with Gasteiger partial charge in [-0.15, -0.1) is 0 Å². The number of carbonyl (C=O) groups is 2. The molecule has 0 heterocycles. The molecule has 1 N–H and O–H groups in total. The van der Waals surface area contributed by atoms with Crippen molar-refractivity contribution in [3.8, 4) is 5.75 Å². The minimum absolute atomic E-state index is 0.144. The second kappa shape index (κ2) is 7.89. The topological polar surface area (TPSA) is 66.8 Å². The van der Waals surface area contributed by atoms with Gasteiger partial charge in [0.05, 0.1) is 13.5 Å². The summed E-state index contributed by atoms with van der Waals surface area (Å²) in [6.07, 6.45) is 0.864. The fourth-order valence-corrected chi connectivity index (χ4v) is 2.20. The summed E-state index contributed by atoms with van der Waals surface area (Å²) in [6, 6.07) is 5.37. The number of aliphatic carboxylic acids is 1. The van der Waals surface area contributed by atoms with Gasteiger partial charge in [0.2, 0.25) is 5.91 Å². The molecule has 0 spiro atoms. The van der Waals surface area contributed by atoms with E-state index in [1.54, 1.807) is 19.2 Å². The Bertz CT molecular complexity index is 490. The van der Waals surface area contributed by atoms with Crippen molar-refractivity contribution < 1.29 is 19.4 Å². The van der Waals surface area contributed by atoms with Crippen LogP contribution in [-0.2, 0) is 16.0 Å². The van der Waals surface area contributed by atoms with E-state index in [-0.39, 0.29) is 18.9 Å². The van der Waals surface area contributed by atoms with Crippen LogP contribution in [0.1, 0.15) is 18.9 Å².